The van der Waals surface area contributed by atoms with E-state index in [-0.39, 0.29) is 12.3 Å². The van der Waals surface area contributed by atoms with Crippen LogP contribution in [0.4, 0.5) is 0 Å². The lowest BCUT2D eigenvalue weighted by atomic mass is 10.2. The van der Waals surface area contributed by atoms with E-state index in [4.69, 9.17) is 25.5 Å². The van der Waals surface area contributed by atoms with Crippen molar-refractivity contribution in [2.75, 3.05) is 14.2 Å². The number of para-hydroxylation sites is 1. The highest BCUT2D eigenvalue weighted by atomic mass is 35.5. The summed E-state index contributed by atoms with van der Waals surface area (Å²) in [7, 11) is 3.19. The van der Waals surface area contributed by atoms with Gasteiger partial charge in [-0.3, -0.25) is 4.79 Å². The number of nitrogens with one attached hydrogen (secondary N) is 1. The average molecular weight is 469 g/mol. The maximum Gasteiger partial charge on any atom is 0.226 e. The molecule has 0 aliphatic carbocycles. The van der Waals surface area contributed by atoms with Gasteiger partial charge in [-0.05, 0) is 48.5 Å². The zero-order valence-corrected chi connectivity index (χ0v) is 19.1. The highest BCUT2D eigenvalue weighted by Crippen LogP contribution is 2.39. The number of aromatic nitrogens is 1. The highest BCUT2D eigenvalue weighted by molar-refractivity contribution is 7.13. The van der Waals surface area contributed by atoms with Gasteiger partial charge < -0.3 is 19.2 Å². The summed E-state index contributed by atoms with van der Waals surface area (Å²) in [5.41, 5.74) is 2.44. The van der Waals surface area contributed by atoms with E-state index in [1.165, 1.54) is 11.3 Å². The van der Waals surface area contributed by atoms with E-state index in [9.17, 15) is 4.79 Å². The molecule has 32 heavy (non-hydrogen) atoms. The zero-order valence-electron chi connectivity index (χ0n) is 17.6. The Bertz CT molecular complexity index is 1220. The second kappa shape index (κ2) is 9.89. The minimum absolute atomic E-state index is 0.135. The Morgan fingerprint density at radius 3 is 2.66 bits per heavy atom. The first kappa shape index (κ1) is 21.9. The Balaban J connectivity index is 1.37. The zero-order chi connectivity index (χ0) is 22.5. The van der Waals surface area contributed by atoms with E-state index in [0.29, 0.717) is 34.5 Å². The molecule has 0 spiro atoms. The van der Waals surface area contributed by atoms with Gasteiger partial charge in [0.15, 0.2) is 11.5 Å². The van der Waals surface area contributed by atoms with Gasteiger partial charge in [-0.2, -0.15) is 0 Å². The molecule has 4 rings (SSSR count). The number of methoxy groups -OCH3 is 2. The van der Waals surface area contributed by atoms with Crippen LogP contribution in [0, 0.1) is 0 Å². The van der Waals surface area contributed by atoms with Crippen molar-refractivity contribution < 1.29 is 18.7 Å². The molecule has 4 aromatic rings. The van der Waals surface area contributed by atoms with Gasteiger partial charge in [0, 0.05) is 16.0 Å². The number of carbonyl (C=O) groups excluding carboxylic acids is 1. The van der Waals surface area contributed by atoms with Crippen molar-refractivity contribution >= 4 is 28.8 Å². The van der Waals surface area contributed by atoms with Crippen LogP contribution >= 0.6 is 22.9 Å². The van der Waals surface area contributed by atoms with E-state index in [1.54, 1.807) is 14.2 Å². The van der Waals surface area contributed by atoms with E-state index in [2.05, 4.69) is 10.3 Å². The molecular formula is C24H21ClN2O4S. The molecule has 0 saturated carbocycles. The summed E-state index contributed by atoms with van der Waals surface area (Å²) in [6.45, 7) is 0.299. The highest BCUT2D eigenvalue weighted by Gasteiger charge is 2.16. The molecule has 164 valence electrons. The molecule has 0 radical (unpaired) electrons. The van der Waals surface area contributed by atoms with Crippen LogP contribution < -0.4 is 14.8 Å². The molecule has 0 fully saturated rings. The summed E-state index contributed by atoms with van der Waals surface area (Å²) in [6.07, 6.45) is 0.174. The fourth-order valence-electron chi connectivity index (χ4n) is 3.22. The van der Waals surface area contributed by atoms with Gasteiger partial charge in [0.25, 0.3) is 0 Å². The normalized spacial score (nSPS) is 10.7. The number of nitrogens with zero attached hydrogens (tertiary/aromatic N) is 1. The van der Waals surface area contributed by atoms with Crippen LogP contribution in [0.5, 0.6) is 11.5 Å². The molecule has 0 bridgehead atoms. The number of furan rings is 1. The monoisotopic (exact) mass is 468 g/mol. The van der Waals surface area contributed by atoms with Gasteiger partial charge in [-0.25, -0.2) is 4.98 Å². The van der Waals surface area contributed by atoms with E-state index in [1.807, 2.05) is 60.0 Å². The molecule has 2 aromatic heterocycles. The van der Waals surface area contributed by atoms with Gasteiger partial charge in [0.1, 0.15) is 16.5 Å². The molecule has 1 amide bonds. The van der Waals surface area contributed by atoms with Crippen molar-refractivity contribution in [2.24, 2.45) is 0 Å². The predicted molar refractivity (Wildman–Crippen MR) is 125 cm³/mol. The number of ether oxygens (including phenoxy) is 2. The van der Waals surface area contributed by atoms with Crippen molar-refractivity contribution in [3.63, 3.8) is 0 Å². The molecule has 2 heterocycles. The summed E-state index contributed by atoms with van der Waals surface area (Å²) < 4.78 is 16.7. The summed E-state index contributed by atoms with van der Waals surface area (Å²) in [6, 6.07) is 16.7. The Morgan fingerprint density at radius 2 is 1.91 bits per heavy atom. The maximum atomic E-state index is 12.4. The van der Waals surface area contributed by atoms with E-state index in [0.717, 1.165) is 21.9 Å². The minimum Gasteiger partial charge on any atom is -0.493 e. The first-order chi connectivity index (χ1) is 15.6. The molecule has 1 N–H and O–H groups in total. The Labute approximate surface area is 194 Å². The number of rotatable bonds is 8. The van der Waals surface area contributed by atoms with Crippen LogP contribution in [0.3, 0.4) is 0 Å². The predicted octanol–water partition coefficient (Wildman–Crippen LogP) is 5.60. The number of carbonyl (C=O) groups is 1. The SMILES string of the molecule is COc1cccc(-c2nc(CC(=O)NCc3ccc(-c4ccc(Cl)cc4)o3)cs2)c1OC. The Kier molecular flexibility index (Phi) is 6.78. The summed E-state index contributed by atoms with van der Waals surface area (Å²) in [5.74, 6) is 2.51. The molecule has 6 nitrogen and oxygen atoms in total. The summed E-state index contributed by atoms with van der Waals surface area (Å²) in [5, 5.41) is 6.19. The number of hydrogen-bond acceptors (Lipinski definition) is 6. The first-order valence-corrected chi connectivity index (χ1v) is 11.1. The van der Waals surface area contributed by atoms with Crippen molar-refractivity contribution in [2.45, 2.75) is 13.0 Å². The lowest BCUT2D eigenvalue weighted by molar-refractivity contribution is -0.120. The molecule has 8 heteroatoms. The maximum absolute atomic E-state index is 12.4. The number of thiazole rings is 1. The number of halogens is 1. The van der Waals surface area contributed by atoms with Crippen LogP contribution in [0.2, 0.25) is 5.02 Å². The van der Waals surface area contributed by atoms with Crippen LogP contribution in [-0.4, -0.2) is 25.1 Å². The van der Waals surface area contributed by atoms with Crippen LogP contribution in [0.1, 0.15) is 11.5 Å². The van der Waals surface area contributed by atoms with Gasteiger partial charge >= 0.3 is 0 Å². The quantitative estimate of drug-likeness (QED) is 0.364. The summed E-state index contributed by atoms with van der Waals surface area (Å²) in [4.78, 5) is 17.0. The van der Waals surface area contributed by atoms with E-state index >= 15 is 0 Å². The standard InChI is InChI=1S/C24H21ClN2O4S/c1-29-21-5-3-4-19(23(21)30-2)24-27-17(14-32-24)12-22(28)26-13-18-10-11-20(31-18)15-6-8-16(25)9-7-15/h3-11,14H,12-13H2,1-2H3,(H,26,28). The van der Waals surface area contributed by atoms with Gasteiger partial charge in [0.05, 0.1) is 38.4 Å². The molecular weight excluding hydrogens is 448 g/mol. The minimum atomic E-state index is -0.135. The molecule has 0 atom stereocenters. The second-order valence-electron chi connectivity index (χ2n) is 6.91. The molecule has 0 saturated heterocycles. The summed E-state index contributed by atoms with van der Waals surface area (Å²) >= 11 is 7.38. The third kappa shape index (κ3) is 4.95. The smallest absolute Gasteiger partial charge is 0.226 e. The molecule has 2 aromatic carbocycles. The topological polar surface area (TPSA) is 73.6 Å². The second-order valence-corrected chi connectivity index (χ2v) is 8.21. The van der Waals surface area contributed by atoms with Crippen molar-refractivity contribution in [3.05, 3.63) is 76.5 Å². The van der Waals surface area contributed by atoms with Crippen molar-refractivity contribution in [1.29, 1.82) is 0 Å². The largest absolute Gasteiger partial charge is 0.493 e. The Hall–Kier alpha value is -3.29. The molecule has 0 aliphatic rings. The van der Waals surface area contributed by atoms with E-state index < -0.39 is 0 Å². The van der Waals surface area contributed by atoms with Gasteiger partial charge in [0.2, 0.25) is 5.91 Å². The number of amides is 1. The van der Waals surface area contributed by atoms with Crippen LogP contribution in [0.25, 0.3) is 21.9 Å². The lowest BCUT2D eigenvalue weighted by Crippen LogP contribution is -2.24. The van der Waals surface area contributed by atoms with Crippen molar-refractivity contribution in [3.8, 4) is 33.4 Å². The van der Waals surface area contributed by atoms with Gasteiger partial charge in [-0.1, -0.05) is 17.7 Å². The number of hydrogen-bond donors (Lipinski definition) is 1. The number of benzene rings is 2. The fourth-order valence-corrected chi connectivity index (χ4v) is 4.19. The van der Waals surface area contributed by atoms with Gasteiger partial charge in [-0.15, -0.1) is 11.3 Å². The molecule has 0 aliphatic heterocycles. The fraction of sp³-hybridized carbons (Fsp3) is 0.167. The van der Waals surface area contributed by atoms with Crippen LogP contribution in [-0.2, 0) is 17.8 Å². The average Bonchev–Trinajstić information content (AvgIpc) is 3.47. The Morgan fingerprint density at radius 1 is 1.09 bits per heavy atom. The first-order valence-electron chi connectivity index (χ1n) is 9.84. The third-order valence-corrected chi connectivity index (χ3v) is 5.95. The third-order valence-electron chi connectivity index (χ3n) is 4.78. The van der Waals surface area contributed by atoms with Crippen LogP contribution in [0.15, 0.2) is 64.4 Å². The molecule has 0 unspecified atom stereocenters. The lowest BCUT2D eigenvalue weighted by Gasteiger charge is -2.10. The van der Waals surface area contributed by atoms with Crippen molar-refractivity contribution in [1.82, 2.24) is 10.3 Å².